The third-order valence-electron chi connectivity index (χ3n) is 3.70. The minimum atomic E-state index is 0.863. The van der Waals surface area contributed by atoms with Crippen LogP contribution in [0, 0.1) is 0 Å². The van der Waals surface area contributed by atoms with E-state index in [-0.39, 0.29) is 0 Å². The van der Waals surface area contributed by atoms with Crippen LogP contribution in [0.2, 0.25) is 6.82 Å². The molecule has 0 saturated carbocycles. The highest BCUT2D eigenvalue weighted by Gasteiger charge is 2.21. The molecule has 1 fully saturated rings. The Bertz CT molecular complexity index is 464. The number of allylic oxidation sites excluding steroid dienone is 1. The maximum absolute atomic E-state index is 4.80. The van der Waals surface area contributed by atoms with Crippen LogP contribution in [0.5, 0.6) is 0 Å². The van der Waals surface area contributed by atoms with E-state index in [1.54, 1.807) is 0 Å². The lowest BCUT2D eigenvalue weighted by atomic mass is 9.78. The van der Waals surface area contributed by atoms with Gasteiger partial charge in [0.2, 0.25) is 0 Å². The Morgan fingerprint density at radius 3 is 2.83 bits per heavy atom. The predicted molar refractivity (Wildman–Crippen MR) is 76.2 cm³/mol. The molecule has 0 aromatic carbocycles. The van der Waals surface area contributed by atoms with E-state index in [4.69, 9.17) is 4.98 Å². The van der Waals surface area contributed by atoms with Crippen molar-refractivity contribution in [1.82, 2.24) is 9.97 Å². The predicted octanol–water partition coefficient (Wildman–Crippen LogP) is 2.29. The van der Waals surface area contributed by atoms with Crippen LogP contribution < -0.4 is 4.90 Å². The van der Waals surface area contributed by atoms with Crippen molar-refractivity contribution in [2.24, 2.45) is 0 Å². The van der Waals surface area contributed by atoms with Gasteiger partial charge in [-0.25, -0.2) is 9.97 Å². The van der Waals surface area contributed by atoms with E-state index in [0.29, 0.717) is 0 Å². The van der Waals surface area contributed by atoms with Gasteiger partial charge < -0.3 is 4.90 Å². The molecule has 0 amide bonds. The van der Waals surface area contributed by atoms with Crippen LogP contribution >= 0.6 is 0 Å². The van der Waals surface area contributed by atoms with E-state index in [0.717, 1.165) is 37.3 Å². The molecule has 3 rings (SSSR count). The van der Waals surface area contributed by atoms with Crippen LogP contribution in [0.15, 0.2) is 6.08 Å². The summed E-state index contributed by atoms with van der Waals surface area (Å²) < 4.78 is 0. The van der Waals surface area contributed by atoms with Gasteiger partial charge in [0.1, 0.15) is 18.9 Å². The van der Waals surface area contributed by atoms with Crippen molar-refractivity contribution in [2.45, 2.75) is 38.8 Å². The number of anilines is 1. The zero-order valence-corrected chi connectivity index (χ0v) is 11.0. The fraction of sp³-hybridized carbons (Fsp3) is 0.571. The first-order chi connectivity index (χ1) is 8.88. The smallest absolute Gasteiger partial charge is 0.136 e. The van der Waals surface area contributed by atoms with Crippen LogP contribution in [0.4, 0.5) is 5.82 Å². The van der Waals surface area contributed by atoms with Gasteiger partial charge in [-0.1, -0.05) is 12.9 Å². The normalized spacial score (nSPS) is 17.9. The monoisotopic (exact) mass is 240 g/mol. The summed E-state index contributed by atoms with van der Waals surface area (Å²) in [6.45, 7) is 4.37. The fourth-order valence-corrected chi connectivity index (χ4v) is 2.80. The van der Waals surface area contributed by atoms with E-state index < -0.39 is 0 Å². The Kier molecular flexibility index (Phi) is 3.35. The molecule has 18 heavy (non-hydrogen) atoms. The van der Waals surface area contributed by atoms with E-state index in [2.05, 4.69) is 36.1 Å². The molecule has 0 spiro atoms. The van der Waals surface area contributed by atoms with Crippen LogP contribution in [0.3, 0.4) is 0 Å². The molecular weight excluding hydrogens is 221 g/mol. The van der Waals surface area contributed by atoms with Crippen molar-refractivity contribution in [2.75, 3.05) is 18.0 Å². The number of hydrogen-bond acceptors (Lipinski definition) is 3. The first-order valence-electron chi connectivity index (χ1n) is 6.97. The van der Waals surface area contributed by atoms with Gasteiger partial charge in [0.05, 0.1) is 5.69 Å². The SMILES string of the molecule is C[B]Cc1nc2c(c(N3CCCCC3)n1)CC=C2. The quantitative estimate of drug-likeness (QED) is 0.759. The van der Waals surface area contributed by atoms with Crippen LogP contribution in [-0.4, -0.2) is 30.3 Å². The first kappa shape index (κ1) is 11.8. The molecule has 1 aromatic heterocycles. The van der Waals surface area contributed by atoms with Crippen LogP contribution in [0.25, 0.3) is 6.08 Å². The average Bonchev–Trinajstić information content (AvgIpc) is 2.87. The summed E-state index contributed by atoms with van der Waals surface area (Å²) in [6, 6.07) is 0. The molecule has 1 saturated heterocycles. The molecule has 4 heteroatoms. The van der Waals surface area contributed by atoms with Crippen molar-refractivity contribution < 1.29 is 0 Å². The van der Waals surface area contributed by atoms with Gasteiger partial charge in [-0.15, -0.1) is 0 Å². The van der Waals surface area contributed by atoms with Gasteiger partial charge >= 0.3 is 0 Å². The number of piperidine rings is 1. The minimum Gasteiger partial charge on any atom is -0.356 e. The zero-order valence-electron chi connectivity index (χ0n) is 11.0. The topological polar surface area (TPSA) is 29.0 Å². The highest BCUT2D eigenvalue weighted by molar-refractivity contribution is 6.32. The largest absolute Gasteiger partial charge is 0.356 e. The second kappa shape index (κ2) is 5.13. The average molecular weight is 240 g/mol. The van der Waals surface area contributed by atoms with Crippen molar-refractivity contribution in [1.29, 1.82) is 0 Å². The first-order valence-corrected chi connectivity index (χ1v) is 6.97. The highest BCUT2D eigenvalue weighted by Crippen LogP contribution is 2.29. The Labute approximate surface area is 110 Å². The lowest BCUT2D eigenvalue weighted by molar-refractivity contribution is 0.571. The van der Waals surface area contributed by atoms with Gasteiger partial charge in [-0.05, 0) is 38.1 Å². The van der Waals surface area contributed by atoms with Crippen LogP contribution in [0.1, 0.15) is 36.3 Å². The molecule has 93 valence electrons. The number of hydrogen-bond donors (Lipinski definition) is 0. The molecule has 1 aliphatic carbocycles. The van der Waals surface area contributed by atoms with Crippen molar-refractivity contribution >= 4 is 19.2 Å². The third-order valence-corrected chi connectivity index (χ3v) is 3.70. The second-order valence-corrected chi connectivity index (χ2v) is 5.09. The molecular formula is C14H19BN3. The van der Waals surface area contributed by atoms with E-state index in [1.807, 2.05) is 0 Å². The Balaban J connectivity index is 1.96. The van der Waals surface area contributed by atoms with Gasteiger partial charge in [-0.3, -0.25) is 0 Å². The lowest BCUT2D eigenvalue weighted by Gasteiger charge is -2.29. The number of nitrogens with zero attached hydrogens (tertiary/aromatic N) is 3. The summed E-state index contributed by atoms with van der Waals surface area (Å²) in [7, 11) is 2.13. The summed E-state index contributed by atoms with van der Waals surface area (Å²) in [5, 5.41) is 0. The molecule has 0 N–H and O–H groups in total. The molecule has 2 heterocycles. The summed E-state index contributed by atoms with van der Waals surface area (Å²) in [4.78, 5) is 11.9. The Hall–Kier alpha value is -1.32. The number of aromatic nitrogens is 2. The maximum Gasteiger partial charge on any atom is 0.136 e. The van der Waals surface area contributed by atoms with E-state index >= 15 is 0 Å². The molecule has 0 atom stereocenters. The van der Waals surface area contributed by atoms with Crippen molar-refractivity contribution in [3.63, 3.8) is 0 Å². The molecule has 0 bridgehead atoms. The lowest BCUT2D eigenvalue weighted by Crippen LogP contribution is -2.31. The Morgan fingerprint density at radius 1 is 1.22 bits per heavy atom. The third kappa shape index (κ3) is 2.16. The highest BCUT2D eigenvalue weighted by atomic mass is 15.2. The fourth-order valence-electron chi connectivity index (χ4n) is 2.80. The Morgan fingerprint density at radius 2 is 2.06 bits per heavy atom. The molecule has 0 unspecified atom stereocenters. The van der Waals surface area contributed by atoms with Gasteiger partial charge in [-0.2, -0.15) is 0 Å². The van der Waals surface area contributed by atoms with Gasteiger partial charge in [0.25, 0.3) is 0 Å². The molecule has 3 nitrogen and oxygen atoms in total. The maximum atomic E-state index is 4.80. The standard InChI is InChI=1S/C14H19BN3/c1-15-10-13-16-12-7-5-6-11(12)14(17-13)18-8-3-2-4-9-18/h5,7H,2-4,6,8-10H2,1H3. The summed E-state index contributed by atoms with van der Waals surface area (Å²) >= 11 is 0. The summed E-state index contributed by atoms with van der Waals surface area (Å²) in [5.74, 6) is 2.16. The minimum absolute atomic E-state index is 0.863. The summed E-state index contributed by atoms with van der Waals surface area (Å²) in [6.07, 6.45) is 10.1. The van der Waals surface area contributed by atoms with Gasteiger partial charge in [0.15, 0.2) is 0 Å². The van der Waals surface area contributed by atoms with Gasteiger partial charge in [0, 0.05) is 18.7 Å². The van der Waals surface area contributed by atoms with Crippen molar-refractivity contribution in [3.05, 3.63) is 23.2 Å². The van der Waals surface area contributed by atoms with E-state index in [9.17, 15) is 0 Å². The second-order valence-electron chi connectivity index (χ2n) is 5.09. The van der Waals surface area contributed by atoms with Crippen LogP contribution in [-0.2, 0) is 12.7 Å². The summed E-state index contributed by atoms with van der Waals surface area (Å²) in [5.41, 5.74) is 2.47. The molecule has 1 aromatic rings. The molecule has 1 aliphatic heterocycles. The molecule has 2 aliphatic rings. The number of rotatable bonds is 3. The molecule has 1 radical (unpaired) electrons. The van der Waals surface area contributed by atoms with Crippen molar-refractivity contribution in [3.8, 4) is 0 Å². The zero-order chi connectivity index (χ0) is 12.4. The number of fused-ring (bicyclic) bond motifs is 1. The van der Waals surface area contributed by atoms with E-state index in [1.165, 1.54) is 30.6 Å².